The van der Waals surface area contributed by atoms with Gasteiger partial charge in [-0.25, -0.2) is 4.79 Å². The molecule has 7 nitrogen and oxygen atoms in total. The van der Waals surface area contributed by atoms with E-state index in [1.165, 1.54) is 26.0 Å². The molecule has 1 heterocycles. The average molecular weight is 291 g/mol. The molecule has 0 aromatic heterocycles. The number of esters is 1. The molecule has 1 aliphatic heterocycles. The topological polar surface area (TPSA) is 90.0 Å². The van der Waals surface area contributed by atoms with E-state index in [1.54, 1.807) is 12.1 Å². The van der Waals surface area contributed by atoms with Gasteiger partial charge in [0.2, 0.25) is 5.60 Å². The zero-order valence-corrected chi connectivity index (χ0v) is 11.7. The number of fused-ring (bicyclic) bond motifs is 1. The van der Waals surface area contributed by atoms with Crippen LogP contribution < -0.4 is 0 Å². The maximum atomic E-state index is 12.0. The van der Waals surface area contributed by atoms with Crippen LogP contribution in [0.3, 0.4) is 0 Å². The Bertz CT molecular complexity index is 614. The van der Waals surface area contributed by atoms with Gasteiger partial charge in [0.1, 0.15) is 0 Å². The number of hydroxylamine groups is 2. The Balaban J connectivity index is 2.19. The van der Waals surface area contributed by atoms with Gasteiger partial charge in [-0.15, -0.1) is 0 Å². The lowest BCUT2D eigenvalue weighted by Gasteiger charge is -2.23. The molecular weight excluding hydrogens is 278 g/mol. The van der Waals surface area contributed by atoms with E-state index >= 15 is 0 Å². The highest BCUT2D eigenvalue weighted by molar-refractivity contribution is 6.20. The quantitative estimate of drug-likeness (QED) is 0.611. The summed E-state index contributed by atoms with van der Waals surface area (Å²) in [5.41, 5.74) is -1.30. The summed E-state index contributed by atoms with van der Waals surface area (Å²) < 4.78 is 4.79. The van der Waals surface area contributed by atoms with Crippen molar-refractivity contribution in [1.29, 1.82) is 0 Å². The molecule has 1 aromatic rings. The number of carbonyl (C=O) groups excluding carboxylic acids is 4. The molecule has 7 heteroatoms. The summed E-state index contributed by atoms with van der Waals surface area (Å²) in [6.45, 7) is 3.74. The first-order chi connectivity index (χ1) is 9.74. The van der Waals surface area contributed by atoms with Gasteiger partial charge in [0.15, 0.2) is 0 Å². The molecule has 0 atom stereocenters. The minimum Gasteiger partial charge on any atom is -0.448 e. The Morgan fingerprint density at radius 3 is 1.95 bits per heavy atom. The summed E-state index contributed by atoms with van der Waals surface area (Å²) >= 11 is 0. The lowest BCUT2D eigenvalue weighted by molar-refractivity contribution is -0.195. The maximum Gasteiger partial charge on any atom is 0.375 e. The highest BCUT2D eigenvalue weighted by Gasteiger charge is 2.42. The third kappa shape index (κ3) is 2.62. The first-order valence-corrected chi connectivity index (χ1v) is 6.14. The van der Waals surface area contributed by atoms with Gasteiger partial charge >= 0.3 is 11.9 Å². The van der Waals surface area contributed by atoms with Crippen molar-refractivity contribution in [2.45, 2.75) is 26.4 Å². The van der Waals surface area contributed by atoms with Crippen LogP contribution in [0.1, 0.15) is 41.5 Å². The van der Waals surface area contributed by atoms with E-state index in [2.05, 4.69) is 0 Å². The van der Waals surface area contributed by atoms with E-state index in [9.17, 15) is 19.2 Å². The van der Waals surface area contributed by atoms with E-state index in [-0.39, 0.29) is 11.1 Å². The monoisotopic (exact) mass is 291 g/mol. The number of benzene rings is 1. The van der Waals surface area contributed by atoms with Crippen molar-refractivity contribution in [3.63, 3.8) is 0 Å². The molecular formula is C14H13NO6. The molecule has 1 aromatic carbocycles. The molecule has 2 amide bonds. The van der Waals surface area contributed by atoms with E-state index in [1.807, 2.05) is 0 Å². The number of hydrogen-bond acceptors (Lipinski definition) is 6. The SMILES string of the molecule is CC(=O)OC(C)(C)C(=O)ON1C(=O)c2ccccc2C1=O. The maximum absolute atomic E-state index is 12.0. The van der Waals surface area contributed by atoms with Crippen LogP contribution in [-0.2, 0) is 19.2 Å². The third-order valence-corrected chi connectivity index (χ3v) is 2.82. The average Bonchev–Trinajstić information content (AvgIpc) is 2.63. The van der Waals surface area contributed by atoms with Crippen LogP contribution in [0.5, 0.6) is 0 Å². The van der Waals surface area contributed by atoms with Crippen LogP contribution in [0.25, 0.3) is 0 Å². The molecule has 0 N–H and O–H groups in total. The summed E-state index contributed by atoms with van der Waals surface area (Å²) in [4.78, 5) is 51.7. The van der Waals surface area contributed by atoms with Gasteiger partial charge in [0.05, 0.1) is 11.1 Å². The fraction of sp³-hybridized carbons (Fsp3) is 0.286. The lowest BCUT2D eigenvalue weighted by atomic mass is 10.1. The van der Waals surface area contributed by atoms with Gasteiger partial charge in [-0.1, -0.05) is 17.2 Å². The molecule has 0 fully saturated rings. The number of carbonyl (C=O) groups is 4. The van der Waals surface area contributed by atoms with Crippen molar-refractivity contribution in [3.05, 3.63) is 35.4 Å². The van der Waals surface area contributed by atoms with Crippen molar-refractivity contribution in [2.24, 2.45) is 0 Å². The van der Waals surface area contributed by atoms with Crippen molar-refractivity contribution >= 4 is 23.8 Å². The van der Waals surface area contributed by atoms with Crippen LogP contribution in [-0.4, -0.2) is 34.4 Å². The number of rotatable bonds is 3. The van der Waals surface area contributed by atoms with E-state index in [4.69, 9.17) is 9.57 Å². The second-order valence-electron chi connectivity index (χ2n) is 4.93. The zero-order chi connectivity index (χ0) is 15.8. The molecule has 0 bridgehead atoms. The Kier molecular flexibility index (Phi) is 3.51. The molecule has 21 heavy (non-hydrogen) atoms. The molecule has 110 valence electrons. The Morgan fingerprint density at radius 1 is 1.05 bits per heavy atom. The second kappa shape index (κ2) is 5.01. The standard InChI is InChI=1S/C14H13NO6/c1-8(16)20-14(2,3)13(19)21-15-11(17)9-6-4-5-7-10(9)12(15)18/h4-7H,1-3H3. The van der Waals surface area contributed by atoms with Crippen LogP contribution in [0.15, 0.2) is 24.3 Å². The molecule has 0 unspecified atom stereocenters. The summed E-state index contributed by atoms with van der Waals surface area (Å²) in [5, 5.41) is 0.373. The first kappa shape index (κ1) is 14.7. The largest absolute Gasteiger partial charge is 0.448 e. The van der Waals surface area contributed by atoms with Crippen LogP contribution in [0.4, 0.5) is 0 Å². The van der Waals surface area contributed by atoms with Crippen LogP contribution in [0.2, 0.25) is 0 Å². The molecule has 1 aliphatic rings. The van der Waals surface area contributed by atoms with Gasteiger partial charge in [-0.3, -0.25) is 14.4 Å². The van der Waals surface area contributed by atoms with E-state index in [0.717, 1.165) is 6.92 Å². The van der Waals surface area contributed by atoms with E-state index < -0.39 is 29.4 Å². The molecule has 0 saturated heterocycles. The summed E-state index contributed by atoms with van der Waals surface area (Å²) in [6, 6.07) is 6.11. The predicted molar refractivity (Wildman–Crippen MR) is 68.9 cm³/mol. The Hall–Kier alpha value is -2.70. The summed E-state index contributed by atoms with van der Waals surface area (Å²) in [5.74, 6) is -3.17. The van der Waals surface area contributed by atoms with E-state index in [0.29, 0.717) is 5.06 Å². The molecule has 0 spiro atoms. The highest BCUT2D eigenvalue weighted by atomic mass is 16.7. The van der Waals surface area contributed by atoms with Crippen molar-refractivity contribution in [2.75, 3.05) is 0 Å². The molecule has 2 rings (SSSR count). The zero-order valence-electron chi connectivity index (χ0n) is 11.7. The highest BCUT2D eigenvalue weighted by Crippen LogP contribution is 2.24. The molecule has 0 aliphatic carbocycles. The van der Waals surface area contributed by atoms with Gasteiger partial charge < -0.3 is 9.57 Å². The summed E-state index contributed by atoms with van der Waals surface area (Å²) in [7, 11) is 0. The van der Waals surface area contributed by atoms with Crippen molar-refractivity contribution < 1.29 is 28.8 Å². The van der Waals surface area contributed by atoms with Gasteiger partial charge in [0, 0.05) is 6.92 Å². The number of hydrogen-bond donors (Lipinski definition) is 0. The van der Waals surface area contributed by atoms with Crippen LogP contribution in [0, 0.1) is 0 Å². The fourth-order valence-electron chi connectivity index (χ4n) is 1.84. The number of ether oxygens (including phenoxy) is 1. The molecule has 0 saturated carbocycles. The van der Waals surface area contributed by atoms with Crippen LogP contribution >= 0.6 is 0 Å². The van der Waals surface area contributed by atoms with Gasteiger partial charge in [-0.05, 0) is 26.0 Å². The normalized spacial score (nSPS) is 14.0. The predicted octanol–water partition coefficient (Wildman–Crippen LogP) is 1.08. The minimum absolute atomic E-state index is 0.153. The number of amides is 2. The number of imide groups is 1. The number of nitrogens with zero attached hydrogens (tertiary/aromatic N) is 1. The fourth-order valence-corrected chi connectivity index (χ4v) is 1.84. The summed E-state index contributed by atoms with van der Waals surface area (Å²) in [6.07, 6.45) is 0. The lowest BCUT2D eigenvalue weighted by Crippen LogP contribution is -2.43. The Labute approximate surface area is 120 Å². The molecule has 0 radical (unpaired) electrons. The van der Waals surface area contributed by atoms with Crippen molar-refractivity contribution in [3.8, 4) is 0 Å². The first-order valence-electron chi connectivity index (χ1n) is 6.14. The van der Waals surface area contributed by atoms with Gasteiger partial charge in [-0.2, -0.15) is 0 Å². The second-order valence-corrected chi connectivity index (χ2v) is 4.93. The van der Waals surface area contributed by atoms with Gasteiger partial charge in [0.25, 0.3) is 11.8 Å². The smallest absolute Gasteiger partial charge is 0.375 e. The minimum atomic E-state index is -1.61. The van der Waals surface area contributed by atoms with Crippen molar-refractivity contribution in [1.82, 2.24) is 5.06 Å². The Morgan fingerprint density at radius 2 is 1.52 bits per heavy atom. The third-order valence-electron chi connectivity index (χ3n) is 2.82.